The standard InChI is InChI=1S/C14H17N3/c1-9(2)12-13(11(4)8-15)17-7-5-6-10(3)14(17)16-12/h5-7,9,11H,1-4H3. The van der Waals surface area contributed by atoms with Crippen molar-refractivity contribution in [2.24, 2.45) is 0 Å². The van der Waals surface area contributed by atoms with Crippen LogP contribution in [0.1, 0.15) is 49.6 Å². The number of fused-ring (bicyclic) bond motifs is 1. The van der Waals surface area contributed by atoms with Crippen LogP contribution >= 0.6 is 0 Å². The highest BCUT2D eigenvalue weighted by atomic mass is 15.0. The molecular weight excluding hydrogens is 210 g/mol. The molecule has 0 aliphatic carbocycles. The molecule has 0 amide bonds. The van der Waals surface area contributed by atoms with Crippen LogP contribution in [0.4, 0.5) is 0 Å². The summed E-state index contributed by atoms with van der Waals surface area (Å²) in [6, 6.07) is 6.36. The molecule has 2 rings (SSSR count). The molecule has 0 fully saturated rings. The predicted molar refractivity (Wildman–Crippen MR) is 68.0 cm³/mol. The average Bonchev–Trinajstić information content (AvgIpc) is 2.69. The summed E-state index contributed by atoms with van der Waals surface area (Å²) in [7, 11) is 0. The van der Waals surface area contributed by atoms with Gasteiger partial charge in [0.05, 0.1) is 23.4 Å². The molecule has 88 valence electrons. The fraction of sp³-hybridized carbons (Fsp3) is 0.429. The number of nitrogens with zero attached hydrogens (tertiary/aromatic N) is 3. The van der Waals surface area contributed by atoms with E-state index in [9.17, 15) is 0 Å². The molecule has 1 atom stereocenters. The monoisotopic (exact) mass is 227 g/mol. The number of hydrogen-bond acceptors (Lipinski definition) is 2. The normalized spacial score (nSPS) is 12.9. The van der Waals surface area contributed by atoms with Crippen LogP contribution in [-0.4, -0.2) is 9.38 Å². The maximum atomic E-state index is 9.15. The third-order valence-corrected chi connectivity index (χ3v) is 3.06. The van der Waals surface area contributed by atoms with Crippen molar-refractivity contribution in [2.45, 2.75) is 39.5 Å². The van der Waals surface area contributed by atoms with Gasteiger partial charge < -0.3 is 4.40 Å². The molecular formula is C14H17N3. The van der Waals surface area contributed by atoms with Gasteiger partial charge in [0.25, 0.3) is 0 Å². The van der Waals surface area contributed by atoms with Gasteiger partial charge in [-0.2, -0.15) is 5.26 Å². The SMILES string of the molecule is Cc1cccn2c(C(C)C#N)c(C(C)C)nc12. The molecule has 1 unspecified atom stereocenters. The van der Waals surface area contributed by atoms with Gasteiger partial charge in [-0.25, -0.2) is 4.98 Å². The molecule has 0 saturated carbocycles. The van der Waals surface area contributed by atoms with Crippen LogP contribution in [0, 0.1) is 18.3 Å². The van der Waals surface area contributed by atoms with Crippen molar-refractivity contribution in [1.29, 1.82) is 5.26 Å². The van der Waals surface area contributed by atoms with E-state index in [0.717, 1.165) is 22.6 Å². The summed E-state index contributed by atoms with van der Waals surface area (Å²) in [5.74, 6) is 0.198. The number of aryl methyl sites for hydroxylation is 1. The minimum absolute atomic E-state index is 0.135. The van der Waals surface area contributed by atoms with E-state index in [0.29, 0.717) is 5.92 Å². The molecule has 3 heteroatoms. The molecule has 2 aromatic heterocycles. The Morgan fingerprint density at radius 3 is 2.65 bits per heavy atom. The third kappa shape index (κ3) is 1.80. The highest BCUT2D eigenvalue weighted by molar-refractivity contribution is 5.52. The van der Waals surface area contributed by atoms with Crippen molar-refractivity contribution < 1.29 is 0 Å². The van der Waals surface area contributed by atoms with Crippen molar-refractivity contribution in [3.05, 3.63) is 35.3 Å². The van der Waals surface area contributed by atoms with Gasteiger partial charge in [-0.05, 0) is 31.4 Å². The van der Waals surface area contributed by atoms with Crippen LogP contribution in [0.3, 0.4) is 0 Å². The second kappa shape index (κ2) is 4.21. The van der Waals surface area contributed by atoms with Crippen LogP contribution in [-0.2, 0) is 0 Å². The van der Waals surface area contributed by atoms with Gasteiger partial charge >= 0.3 is 0 Å². The molecule has 0 aliphatic rings. The van der Waals surface area contributed by atoms with Gasteiger partial charge in [-0.1, -0.05) is 19.9 Å². The summed E-state index contributed by atoms with van der Waals surface area (Å²) in [5, 5.41) is 9.15. The zero-order valence-corrected chi connectivity index (χ0v) is 10.7. The quantitative estimate of drug-likeness (QED) is 0.789. The highest BCUT2D eigenvalue weighted by Crippen LogP contribution is 2.27. The number of rotatable bonds is 2. The Morgan fingerprint density at radius 2 is 2.06 bits per heavy atom. The summed E-state index contributed by atoms with van der Waals surface area (Å²) < 4.78 is 2.05. The molecule has 3 nitrogen and oxygen atoms in total. The number of hydrogen-bond donors (Lipinski definition) is 0. The number of pyridine rings is 1. The first-order valence-electron chi connectivity index (χ1n) is 5.93. The van der Waals surface area contributed by atoms with Crippen LogP contribution in [0.15, 0.2) is 18.3 Å². The van der Waals surface area contributed by atoms with Gasteiger partial charge in [0.15, 0.2) is 0 Å². The van der Waals surface area contributed by atoms with Gasteiger partial charge in [0, 0.05) is 6.20 Å². The summed E-state index contributed by atoms with van der Waals surface area (Å²) in [6.07, 6.45) is 1.99. The van der Waals surface area contributed by atoms with Gasteiger partial charge in [0.1, 0.15) is 5.65 Å². The smallest absolute Gasteiger partial charge is 0.140 e. The van der Waals surface area contributed by atoms with Gasteiger partial charge in [-0.15, -0.1) is 0 Å². The van der Waals surface area contributed by atoms with Crippen molar-refractivity contribution >= 4 is 5.65 Å². The molecule has 2 aromatic rings. The van der Waals surface area contributed by atoms with E-state index in [4.69, 9.17) is 10.2 Å². The first-order valence-corrected chi connectivity index (χ1v) is 5.93. The van der Waals surface area contributed by atoms with E-state index < -0.39 is 0 Å². The molecule has 2 heterocycles. The summed E-state index contributed by atoms with van der Waals surface area (Å²) in [5.41, 5.74) is 4.17. The lowest BCUT2D eigenvalue weighted by Gasteiger charge is -2.08. The van der Waals surface area contributed by atoms with E-state index in [-0.39, 0.29) is 5.92 Å². The molecule has 0 bridgehead atoms. The fourth-order valence-electron chi connectivity index (χ4n) is 2.16. The van der Waals surface area contributed by atoms with Crippen molar-refractivity contribution in [3.63, 3.8) is 0 Å². The number of imidazole rings is 1. The average molecular weight is 227 g/mol. The molecule has 0 spiro atoms. The molecule has 0 N–H and O–H groups in total. The molecule has 0 aliphatic heterocycles. The topological polar surface area (TPSA) is 41.1 Å². The summed E-state index contributed by atoms with van der Waals surface area (Å²) in [6.45, 7) is 8.21. The molecule has 0 radical (unpaired) electrons. The zero-order valence-electron chi connectivity index (χ0n) is 10.7. The lowest BCUT2D eigenvalue weighted by Crippen LogP contribution is -2.01. The van der Waals surface area contributed by atoms with Crippen LogP contribution in [0.25, 0.3) is 5.65 Å². The van der Waals surface area contributed by atoms with Crippen LogP contribution < -0.4 is 0 Å². The Morgan fingerprint density at radius 1 is 1.35 bits per heavy atom. The Bertz CT molecular complexity index is 587. The Balaban J connectivity index is 2.82. The van der Waals surface area contributed by atoms with E-state index in [1.807, 2.05) is 32.2 Å². The second-order valence-corrected chi connectivity index (χ2v) is 4.77. The first-order chi connectivity index (χ1) is 8.06. The van der Waals surface area contributed by atoms with Gasteiger partial charge in [-0.3, -0.25) is 0 Å². The van der Waals surface area contributed by atoms with E-state index in [2.05, 4.69) is 24.3 Å². The zero-order chi connectivity index (χ0) is 12.6. The maximum absolute atomic E-state index is 9.15. The van der Waals surface area contributed by atoms with Crippen LogP contribution in [0.2, 0.25) is 0 Å². The van der Waals surface area contributed by atoms with E-state index in [1.54, 1.807) is 0 Å². The fourth-order valence-corrected chi connectivity index (χ4v) is 2.16. The number of aromatic nitrogens is 2. The lowest BCUT2D eigenvalue weighted by atomic mass is 10.0. The Labute approximate surface area is 102 Å². The van der Waals surface area contributed by atoms with Crippen LogP contribution in [0.5, 0.6) is 0 Å². The second-order valence-electron chi connectivity index (χ2n) is 4.77. The Kier molecular flexibility index (Phi) is 2.89. The highest BCUT2D eigenvalue weighted by Gasteiger charge is 2.20. The summed E-state index contributed by atoms with van der Waals surface area (Å²) in [4.78, 5) is 4.69. The van der Waals surface area contributed by atoms with E-state index in [1.165, 1.54) is 0 Å². The lowest BCUT2D eigenvalue weighted by molar-refractivity contribution is 0.783. The largest absolute Gasteiger partial charge is 0.302 e. The predicted octanol–water partition coefficient (Wildman–Crippen LogP) is 3.39. The molecule has 0 aromatic carbocycles. The third-order valence-electron chi connectivity index (χ3n) is 3.06. The van der Waals surface area contributed by atoms with Crippen molar-refractivity contribution in [3.8, 4) is 6.07 Å². The van der Waals surface area contributed by atoms with Crippen molar-refractivity contribution in [2.75, 3.05) is 0 Å². The van der Waals surface area contributed by atoms with E-state index >= 15 is 0 Å². The Hall–Kier alpha value is -1.82. The number of nitriles is 1. The first kappa shape index (κ1) is 11.7. The van der Waals surface area contributed by atoms with Gasteiger partial charge in [0.2, 0.25) is 0 Å². The molecule has 0 saturated heterocycles. The van der Waals surface area contributed by atoms with Crippen molar-refractivity contribution in [1.82, 2.24) is 9.38 Å². The maximum Gasteiger partial charge on any atom is 0.140 e. The summed E-state index contributed by atoms with van der Waals surface area (Å²) >= 11 is 0. The minimum atomic E-state index is -0.135. The molecule has 17 heavy (non-hydrogen) atoms. The minimum Gasteiger partial charge on any atom is -0.302 e.